The summed E-state index contributed by atoms with van der Waals surface area (Å²) in [6, 6.07) is 10.0. The molecule has 11 nitrogen and oxygen atoms in total. The molecular weight excluding hydrogens is 436 g/mol. The number of benzene rings is 2. The Hall–Kier alpha value is -4.19. The first kappa shape index (κ1) is 22.5. The van der Waals surface area contributed by atoms with Crippen LogP contribution in [0.15, 0.2) is 65.4 Å². The summed E-state index contributed by atoms with van der Waals surface area (Å²) in [6.07, 6.45) is 2.88. The Balaban J connectivity index is 1.67. The highest BCUT2D eigenvalue weighted by atomic mass is 32.2. The molecule has 164 valence electrons. The van der Waals surface area contributed by atoms with Gasteiger partial charge in [-0.1, -0.05) is 30.0 Å². The number of aromatic nitrogens is 3. The zero-order valence-electron chi connectivity index (χ0n) is 16.6. The van der Waals surface area contributed by atoms with Gasteiger partial charge in [-0.25, -0.2) is 5.43 Å². The van der Waals surface area contributed by atoms with E-state index >= 15 is 0 Å². The lowest BCUT2D eigenvalue weighted by Crippen LogP contribution is -2.20. The van der Waals surface area contributed by atoms with Gasteiger partial charge in [-0.05, 0) is 12.1 Å². The molecule has 12 heteroatoms. The average molecular weight is 454 g/mol. The molecule has 0 bridgehead atoms. The highest BCUT2D eigenvalue weighted by Crippen LogP contribution is 2.26. The number of phenols is 2. The van der Waals surface area contributed by atoms with Crippen molar-refractivity contribution in [3.05, 3.63) is 70.8 Å². The Morgan fingerprint density at radius 2 is 2.09 bits per heavy atom. The number of hydrogen-bond acceptors (Lipinski definition) is 9. The maximum atomic E-state index is 12.1. The van der Waals surface area contributed by atoms with E-state index in [0.717, 1.165) is 17.8 Å². The Kier molecular flexibility index (Phi) is 7.18. The molecule has 3 N–H and O–H groups in total. The van der Waals surface area contributed by atoms with Gasteiger partial charge in [-0.2, -0.15) is 5.10 Å². The number of nitrogens with zero attached hydrogens (tertiary/aromatic N) is 5. The minimum absolute atomic E-state index is 0.0247. The Morgan fingerprint density at radius 3 is 2.81 bits per heavy atom. The predicted octanol–water partition coefficient (Wildman–Crippen LogP) is 2.69. The molecule has 0 spiro atoms. The maximum Gasteiger partial charge on any atom is 0.270 e. The molecule has 1 aromatic heterocycles. The van der Waals surface area contributed by atoms with Crippen LogP contribution in [0.2, 0.25) is 0 Å². The van der Waals surface area contributed by atoms with E-state index in [1.807, 2.05) is 0 Å². The Bertz CT molecular complexity index is 1190. The van der Waals surface area contributed by atoms with E-state index in [9.17, 15) is 25.1 Å². The van der Waals surface area contributed by atoms with Crippen molar-refractivity contribution >= 4 is 29.6 Å². The van der Waals surface area contributed by atoms with E-state index in [-0.39, 0.29) is 22.9 Å². The first-order valence-electron chi connectivity index (χ1n) is 9.14. The monoisotopic (exact) mass is 454 g/mol. The van der Waals surface area contributed by atoms with Gasteiger partial charge in [0.15, 0.2) is 11.0 Å². The summed E-state index contributed by atoms with van der Waals surface area (Å²) >= 11 is 1.11. The Labute approximate surface area is 186 Å². The predicted molar refractivity (Wildman–Crippen MR) is 119 cm³/mol. The maximum absolute atomic E-state index is 12.1. The molecule has 1 amide bonds. The minimum Gasteiger partial charge on any atom is -0.508 e. The summed E-state index contributed by atoms with van der Waals surface area (Å²) < 4.78 is 1.70. The number of carbonyl (C=O) groups is 1. The van der Waals surface area contributed by atoms with Gasteiger partial charge in [0.05, 0.1) is 16.9 Å². The van der Waals surface area contributed by atoms with Crippen LogP contribution in [-0.2, 0) is 11.3 Å². The fourth-order valence-electron chi connectivity index (χ4n) is 2.64. The summed E-state index contributed by atoms with van der Waals surface area (Å²) in [5, 5.41) is 42.4. The van der Waals surface area contributed by atoms with Crippen molar-refractivity contribution in [3.63, 3.8) is 0 Å². The van der Waals surface area contributed by atoms with Gasteiger partial charge >= 0.3 is 0 Å². The summed E-state index contributed by atoms with van der Waals surface area (Å²) in [6.45, 7) is 4.05. The quantitative estimate of drug-likeness (QED) is 0.146. The van der Waals surface area contributed by atoms with Crippen molar-refractivity contribution in [2.45, 2.75) is 11.7 Å². The summed E-state index contributed by atoms with van der Waals surface area (Å²) in [5.41, 5.74) is 3.11. The first-order chi connectivity index (χ1) is 15.4. The van der Waals surface area contributed by atoms with Crippen molar-refractivity contribution in [1.29, 1.82) is 0 Å². The molecule has 0 saturated carbocycles. The van der Waals surface area contributed by atoms with Crippen LogP contribution in [0.1, 0.15) is 5.56 Å². The first-order valence-corrected chi connectivity index (χ1v) is 10.1. The fraction of sp³-hybridized carbons (Fsp3) is 0.100. The van der Waals surface area contributed by atoms with Gasteiger partial charge in [0.2, 0.25) is 0 Å². The van der Waals surface area contributed by atoms with Gasteiger partial charge in [0.25, 0.3) is 11.6 Å². The summed E-state index contributed by atoms with van der Waals surface area (Å²) in [4.78, 5) is 22.7. The standard InChI is InChI=1S/C20H18N6O5S/c1-2-8-25-19(13-4-3-5-15(9-13)26(30)31)23-24-20(25)32-12-18(29)22-21-11-14-6-7-16(27)10-17(14)28/h2-7,9-11,27-28H,1,8,12H2,(H,22,29)/b21-11+. The molecule has 0 radical (unpaired) electrons. The van der Waals surface area contributed by atoms with Gasteiger partial charge < -0.3 is 10.2 Å². The topological polar surface area (TPSA) is 156 Å². The third kappa shape index (κ3) is 5.49. The molecule has 2 aromatic carbocycles. The number of hydrazone groups is 1. The lowest BCUT2D eigenvalue weighted by atomic mass is 10.2. The number of nitro groups is 1. The van der Waals surface area contributed by atoms with Crippen molar-refractivity contribution in [2.75, 3.05) is 5.75 Å². The summed E-state index contributed by atoms with van der Waals surface area (Å²) in [5.74, 6) is -0.299. The molecule has 0 fully saturated rings. The van der Waals surface area contributed by atoms with Crippen LogP contribution >= 0.6 is 11.8 Å². The van der Waals surface area contributed by atoms with Crippen molar-refractivity contribution in [2.24, 2.45) is 5.10 Å². The molecule has 3 aromatic rings. The third-order valence-corrected chi connectivity index (χ3v) is 5.05. The minimum atomic E-state index is -0.490. The van der Waals surface area contributed by atoms with E-state index in [2.05, 4.69) is 27.3 Å². The number of aromatic hydroxyl groups is 2. The highest BCUT2D eigenvalue weighted by Gasteiger charge is 2.17. The lowest BCUT2D eigenvalue weighted by Gasteiger charge is -2.07. The van der Waals surface area contributed by atoms with Crippen LogP contribution in [0.4, 0.5) is 5.69 Å². The van der Waals surface area contributed by atoms with Crippen LogP contribution in [0.25, 0.3) is 11.4 Å². The van der Waals surface area contributed by atoms with Gasteiger partial charge in [0.1, 0.15) is 11.5 Å². The average Bonchev–Trinajstić information content (AvgIpc) is 3.17. The number of nitrogens with one attached hydrogen (secondary N) is 1. The Morgan fingerprint density at radius 1 is 1.28 bits per heavy atom. The second-order valence-electron chi connectivity index (χ2n) is 6.34. The van der Waals surface area contributed by atoms with Gasteiger partial charge in [-0.15, -0.1) is 16.8 Å². The molecular formula is C20H18N6O5S. The normalized spacial score (nSPS) is 10.9. The van der Waals surface area contributed by atoms with Crippen LogP contribution < -0.4 is 5.43 Å². The SMILES string of the molecule is C=CCn1c(SCC(=O)N/N=C/c2ccc(O)cc2O)nnc1-c1cccc([N+](=O)[O-])c1. The largest absolute Gasteiger partial charge is 0.508 e. The smallest absolute Gasteiger partial charge is 0.270 e. The number of phenolic OH excluding ortho intramolecular Hbond substituents is 2. The molecule has 0 aliphatic carbocycles. The van der Waals surface area contributed by atoms with Crippen LogP contribution in [0, 0.1) is 10.1 Å². The number of thioether (sulfide) groups is 1. The van der Waals surface area contributed by atoms with Crippen LogP contribution in [0.5, 0.6) is 11.5 Å². The number of nitro benzene ring substituents is 1. The van der Waals surface area contributed by atoms with E-state index in [4.69, 9.17) is 0 Å². The molecule has 0 aliphatic rings. The molecule has 3 rings (SSSR count). The van der Waals surface area contributed by atoms with E-state index in [1.165, 1.54) is 30.5 Å². The number of allylic oxidation sites excluding steroid dienone is 1. The molecule has 0 saturated heterocycles. The van der Waals surface area contributed by atoms with Crippen molar-refractivity contribution in [1.82, 2.24) is 20.2 Å². The second kappa shape index (κ2) is 10.2. The molecule has 32 heavy (non-hydrogen) atoms. The fourth-order valence-corrected chi connectivity index (χ4v) is 3.38. The van der Waals surface area contributed by atoms with E-state index in [1.54, 1.807) is 22.8 Å². The zero-order valence-corrected chi connectivity index (χ0v) is 17.4. The number of hydrogen-bond donors (Lipinski definition) is 3. The molecule has 0 atom stereocenters. The number of amides is 1. The third-order valence-electron chi connectivity index (χ3n) is 4.08. The summed E-state index contributed by atoms with van der Waals surface area (Å²) in [7, 11) is 0. The lowest BCUT2D eigenvalue weighted by molar-refractivity contribution is -0.384. The van der Waals surface area contributed by atoms with E-state index in [0.29, 0.717) is 28.7 Å². The number of rotatable bonds is 9. The van der Waals surface area contributed by atoms with Gasteiger partial charge in [0, 0.05) is 35.9 Å². The van der Waals surface area contributed by atoms with Crippen LogP contribution in [-0.4, -0.2) is 47.8 Å². The molecule has 0 aliphatic heterocycles. The molecule has 0 unspecified atom stereocenters. The van der Waals surface area contributed by atoms with Gasteiger partial charge in [-0.3, -0.25) is 19.5 Å². The van der Waals surface area contributed by atoms with Crippen LogP contribution in [0.3, 0.4) is 0 Å². The van der Waals surface area contributed by atoms with Crippen molar-refractivity contribution < 1.29 is 19.9 Å². The number of non-ortho nitro benzene ring substituents is 1. The molecule has 1 heterocycles. The highest BCUT2D eigenvalue weighted by molar-refractivity contribution is 7.99. The van der Waals surface area contributed by atoms with E-state index < -0.39 is 10.8 Å². The number of carbonyl (C=O) groups excluding carboxylic acids is 1. The van der Waals surface area contributed by atoms with Crippen molar-refractivity contribution in [3.8, 4) is 22.9 Å². The second-order valence-corrected chi connectivity index (χ2v) is 7.28. The zero-order chi connectivity index (χ0) is 23.1.